The normalized spacial score (nSPS) is 11.3. The minimum absolute atomic E-state index is 1.21. The van der Waals surface area contributed by atoms with Crippen LogP contribution in [0.2, 0.25) is 0 Å². The Bertz CT molecular complexity index is 587. The molecule has 0 amide bonds. The molecular weight excluding hydrogens is 242 g/mol. The number of rotatable bonds is 4. The molecule has 0 fully saturated rings. The van der Waals surface area contributed by atoms with Crippen molar-refractivity contribution < 1.29 is 0 Å². The van der Waals surface area contributed by atoms with Gasteiger partial charge in [0.1, 0.15) is 0 Å². The average Bonchev–Trinajstić information content (AvgIpc) is 2.46. The monoisotopic (exact) mass is 263 g/mol. The number of hydrogen-bond donors (Lipinski definition) is 0. The molecule has 0 spiro atoms. The lowest BCUT2D eigenvalue weighted by Crippen LogP contribution is -2.07. The van der Waals surface area contributed by atoms with E-state index >= 15 is 0 Å². The second-order valence-electron chi connectivity index (χ2n) is 5.11. The molecule has 0 radical (unpaired) electrons. The number of anilines is 1. The summed E-state index contributed by atoms with van der Waals surface area (Å²) < 4.78 is 0. The number of hydrogen-bond acceptors (Lipinski definition) is 1. The summed E-state index contributed by atoms with van der Waals surface area (Å²) in [5, 5.41) is 0. The standard InChI is InChI=1S/C19H21N/c1-16-8-10-17(11-9-16)6-4-5-7-18-12-14-19(15-13-18)20(2)3/h4-15H,1-3H3/b6-4+,7-5+. The largest absolute Gasteiger partial charge is 0.378 e. The number of aryl methyl sites for hydroxylation is 1. The first-order valence-corrected chi connectivity index (χ1v) is 6.84. The van der Waals surface area contributed by atoms with Crippen molar-refractivity contribution in [2.24, 2.45) is 0 Å². The van der Waals surface area contributed by atoms with Gasteiger partial charge in [-0.1, -0.05) is 66.3 Å². The minimum atomic E-state index is 1.21. The molecule has 2 aromatic carbocycles. The third-order valence-corrected chi connectivity index (χ3v) is 3.18. The Morgan fingerprint density at radius 1 is 0.700 bits per heavy atom. The average molecular weight is 263 g/mol. The Kier molecular flexibility index (Phi) is 4.78. The molecule has 0 aliphatic carbocycles. The van der Waals surface area contributed by atoms with Gasteiger partial charge in [0.2, 0.25) is 0 Å². The van der Waals surface area contributed by atoms with E-state index in [4.69, 9.17) is 0 Å². The van der Waals surface area contributed by atoms with Crippen LogP contribution in [0.15, 0.2) is 60.7 Å². The molecule has 2 aromatic rings. The zero-order valence-electron chi connectivity index (χ0n) is 12.4. The molecule has 0 N–H and O–H groups in total. The molecule has 0 saturated carbocycles. The first-order valence-electron chi connectivity index (χ1n) is 6.84. The van der Waals surface area contributed by atoms with Crippen molar-refractivity contribution in [2.75, 3.05) is 19.0 Å². The Morgan fingerprint density at radius 2 is 1.15 bits per heavy atom. The molecule has 20 heavy (non-hydrogen) atoms. The summed E-state index contributed by atoms with van der Waals surface area (Å²) in [6.07, 6.45) is 8.38. The van der Waals surface area contributed by atoms with E-state index in [0.29, 0.717) is 0 Å². The Morgan fingerprint density at radius 3 is 1.60 bits per heavy atom. The summed E-state index contributed by atoms with van der Waals surface area (Å²) in [4.78, 5) is 2.10. The molecule has 1 nitrogen and oxygen atoms in total. The lowest BCUT2D eigenvalue weighted by Gasteiger charge is -2.11. The van der Waals surface area contributed by atoms with Crippen molar-refractivity contribution in [3.8, 4) is 0 Å². The highest BCUT2D eigenvalue weighted by Crippen LogP contribution is 2.13. The molecule has 0 aliphatic rings. The molecule has 0 bridgehead atoms. The summed E-state index contributed by atoms with van der Waals surface area (Å²) >= 11 is 0. The van der Waals surface area contributed by atoms with Crippen molar-refractivity contribution in [1.82, 2.24) is 0 Å². The maximum absolute atomic E-state index is 2.13. The molecule has 1 heteroatoms. The second kappa shape index (κ2) is 6.76. The summed E-state index contributed by atoms with van der Waals surface area (Å²) in [6, 6.07) is 17.0. The van der Waals surface area contributed by atoms with Crippen molar-refractivity contribution >= 4 is 17.8 Å². The Hall–Kier alpha value is -2.28. The van der Waals surface area contributed by atoms with Gasteiger partial charge in [-0.3, -0.25) is 0 Å². The Labute approximate surface area is 121 Å². The van der Waals surface area contributed by atoms with Gasteiger partial charge in [-0.25, -0.2) is 0 Å². The minimum Gasteiger partial charge on any atom is -0.378 e. The maximum Gasteiger partial charge on any atom is 0.0361 e. The van der Waals surface area contributed by atoms with E-state index in [1.165, 1.54) is 22.4 Å². The van der Waals surface area contributed by atoms with Gasteiger partial charge >= 0.3 is 0 Å². The van der Waals surface area contributed by atoms with Gasteiger partial charge in [-0.05, 0) is 30.2 Å². The van der Waals surface area contributed by atoms with E-state index in [1.807, 2.05) is 0 Å². The van der Waals surface area contributed by atoms with Gasteiger partial charge in [-0.15, -0.1) is 0 Å². The summed E-state index contributed by atoms with van der Waals surface area (Å²) in [5.74, 6) is 0. The highest BCUT2D eigenvalue weighted by Gasteiger charge is 1.92. The zero-order valence-corrected chi connectivity index (χ0v) is 12.4. The van der Waals surface area contributed by atoms with Crippen LogP contribution in [-0.2, 0) is 0 Å². The van der Waals surface area contributed by atoms with E-state index in [-0.39, 0.29) is 0 Å². The summed E-state index contributed by atoms with van der Waals surface area (Å²) in [7, 11) is 4.10. The van der Waals surface area contributed by atoms with Gasteiger partial charge in [0.25, 0.3) is 0 Å². The van der Waals surface area contributed by atoms with Crippen molar-refractivity contribution in [1.29, 1.82) is 0 Å². The summed E-state index contributed by atoms with van der Waals surface area (Å²) in [6.45, 7) is 2.10. The molecule has 0 unspecified atom stereocenters. The fourth-order valence-electron chi connectivity index (χ4n) is 1.89. The van der Waals surface area contributed by atoms with Crippen LogP contribution < -0.4 is 4.90 Å². The maximum atomic E-state index is 2.13. The summed E-state index contributed by atoms with van der Waals surface area (Å²) in [5.41, 5.74) is 4.95. The molecule has 0 saturated heterocycles. The molecule has 0 heterocycles. The second-order valence-corrected chi connectivity index (χ2v) is 5.11. The number of benzene rings is 2. The van der Waals surface area contributed by atoms with Gasteiger partial charge < -0.3 is 4.90 Å². The Balaban J connectivity index is 1.97. The van der Waals surface area contributed by atoms with Crippen LogP contribution in [0.3, 0.4) is 0 Å². The third kappa shape index (κ3) is 4.13. The van der Waals surface area contributed by atoms with Gasteiger partial charge in [0.05, 0.1) is 0 Å². The van der Waals surface area contributed by atoms with Crippen molar-refractivity contribution in [3.63, 3.8) is 0 Å². The van der Waals surface area contributed by atoms with Crippen LogP contribution in [0, 0.1) is 6.92 Å². The van der Waals surface area contributed by atoms with E-state index in [0.717, 1.165) is 0 Å². The lowest BCUT2D eigenvalue weighted by molar-refractivity contribution is 1.13. The van der Waals surface area contributed by atoms with Crippen LogP contribution >= 0.6 is 0 Å². The topological polar surface area (TPSA) is 3.24 Å². The van der Waals surface area contributed by atoms with Gasteiger partial charge in [0, 0.05) is 19.8 Å². The van der Waals surface area contributed by atoms with Crippen molar-refractivity contribution in [3.05, 3.63) is 77.4 Å². The van der Waals surface area contributed by atoms with Crippen LogP contribution in [0.25, 0.3) is 12.2 Å². The predicted molar refractivity (Wildman–Crippen MR) is 90.0 cm³/mol. The third-order valence-electron chi connectivity index (χ3n) is 3.18. The zero-order chi connectivity index (χ0) is 14.4. The van der Waals surface area contributed by atoms with Gasteiger partial charge in [0.15, 0.2) is 0 Å². The quantitative estimate of drug-likeness (QED) is 0.717. The molecule has 102 valence electrons. The SMILES string of the molecule is Cc1ccc(/C=C/C=C/c2ccc(N(C)C)cc2)cc1. The van der Waals surface area contributed by atoms with Gasteiger partial charge in [-0.2, -0.15) is 0 Å². The fraction of sp³-hybridized carbons (Fsp3) is 0.158. The lowest BCUT2D eigenvalue weighted by atomic mass is 10.1. The molecule has 2 rings (SSSR count). The first-order chi connectivity index (χ1) is 9.65. The predicted octanol–water partition coefficient (Wildman–Crippen LogP) is 4.79. The van der Waals surface area contributed by atoms with Crippen LogP contribution in [0.1, 0.15) is 16.7 Å². The molecule has 0 atom stereocenters. The highest BCUT2D eigenvalue weighted by molar-refractivity contribution is 5.59. The molecule has 0 aliphatic heterocycles. The van der Waals surface area contributed by atoms with E-state index in [9.17, 15) is 0 Å². The molecule has 0 aromatic heterocycles. The van der Waals surface area contributed by atoms with E-state index in [1.54, 1.807) is 0 Å². The fourth-order valence-corrected chi connectivity index (χ4v) is 1.89. The van der Waals surface area contributed by atoms with E-state index in [2.05, 4.69) is 98.8 Å². The number of nitrogens with zero attached hydrogens (tertiary/aromatic N) is 1. The highest BCUT2D eigenvalue weighted by atomic mass is 15.1. The molecular formula is C19H21N. The smallest absolute Gasteiger partial charge is 0.0361 e. The van der Waals surface area contributed by atoms with Crippen LogP contribution in [0.4, 0.5) is 5.69 Å². The van der Waals surface area contributed by atoms with Crippen molar-refractivity contribution in [2.45, 2.75) is 6.92 Å². The van der Waals surface area contributed by atoms with Crippen LogP contribution in [0.5, 0.6) is 0 Å². The van der Waals surface area contributed by atoms with E-state index < -0.39 is 0 Å². The first kappa shape index (κ1) is 14.1. The van der Waals surface area contributed by atoms with Crippen LogP contribution in [-0.4, -0.2) is 14.1 Å². The number of allylic oxidation sites excluding steroid dienone is 2.